The number of fused-ring (bicyclic) bond motifs is 5. The number of aromatic nitrogens is 1. The van der Waals surface area contributed by atoms with Crippen molar-refractivity contribution in [1.82, 2.24) is 5.16 Å². The minimum Gasteiger partial charge on any atom is -0.443 e. The van der Waals surface area contributed by atoms with Crippen molar-refractivity contribution in [3.63, 3.8) is 0 Å². The lowest BCUT2D eigenvalue weighted by molar-refractivity contribution is -0.221. The van der Waals surface area contributed by atoms with Crippen molar-refractivity contribution in [2.24, 2.45) is 28.6 Å². The lowest BCUT2D eigenvalue weighted by atomic mass is 9.44. The number of hydrogen-bond acceptors (Lipinski definition) is 8. The summed E-state index contributed by atoms with van der Waals surface area (Å²) in [5, 5.41) is 14.2. The van der Waals surface area contributed by atoms with E-state index in [0.717, 1.165) is 6.08 Å². The van der Waals surface area contributed by atoms with Crippen LogP contribution < -0.4 is 0 Å². The third-order valence-electron chi connectivity index (χ3n) is 9.55. The number of alkyl halides is 3. The molecule has 0 radical (unpaired) electrons. The molecule has 5 unspecified atom stereocenters. The maximum absolute atomic E-state index is 17.4. The van der Waals surface area contributed by atoms with Crippen LogP contribution in [0.25, 0.3) is 0 Å². The summed E-state index contributed by atoms with van der Waals surface area (Å²) in [5.41, 5.74) is -7.26. The first-order valence-corrected chi connectivity index (χ1v) is 13.2. The molecule has 5 rings (SSSR count). The fraction of sp³-hybridized carbons (Fsp3) is 0.615. The van der Waals surface area contributed by atoms with Crippen LogP contribution in [-0.4, -0.2) is 56.7 Å². The Bertz CT molecular complexity index is 1200. The van der Waals surface area contributed by atoms with Crippen LogP contribution in [0.15, 0.2) is 40.6 Å². The zero-order chi connectivity index (χ0) is 27.0. The molecule has 9 atom stereocenters. The molecule has 11 heteroatoms. The maximum Gasteiger partial charge on any atom is 0.378 e. The number of aliphatic hydroxyl groups excluding tert-OH is 1. The van der Waals surface area contributed by atoms with Gasteiger partial charge >= 0.3 is 5.97 Å². The van der Waals surface area contributed by atoms with Gasteiger partial charge in [-0.1, -0.05) is 25.1 Å². The van der Waals surface area contributed by atoms with Crippen molar-refractivity contribution < 1.29 is 41.9 Å². The number of halogens is 3. The van der Waals surface area contributed by atoms with E-state index in [1.165, 1.54) is 31.3 Å². The predicted octanol–water partition coefficient (Wildman–Crippen LogP) is 4.32. The fourth-order valence-electron chi connectivity index (χ4n) is 7.89. The Hall–Kier alpha value is -2.40. The van der Waals surface area contributed by atoms with Gasteiger partial charge in [-0.05, 0) is 61.6 Å². The van der Waals surface area contributed by atoms with Gasteiger partial charge in [-0.25, -0.2) is 18.0 Å². The molecule has 3 saturated carbocycles. The van der Waals surface area contributed by atoms with Crippen molar-refractivity contribution in [2.45, 2.75) is 63.6 Å². The Balaban J connectivity index is 1.64. The second-order valence-corrected chi connectivity index (χ2v) is 11.9. The highest BCUT2D eigenvalue weighted by atomic mass is 32.2. The van der Waals surface area contributed by atoms with E-state index in [1.54, 1.807) is 13.8 Å². The van der Waals surface area contributed by atoms with Gasteiger partial charge in [-0.15, -0.1) is 0 Å². The zero-order valence-corrected chi connectivity index (χ0v) is 21.4. The minimum absolute atomic E-state index is 0.0143. The molecule has 1 aromatic rings. The van der Waals surface area contributed by atoms with Gasteiger partial charge in [-0.2, -0.15) is 0 Å². The molecule has 200 valence electrons. The number of allylic oxidation sites excluding steroid dienone is 4. The van der Waals surface area contributed by atoms with E-state index in [9.17, 15) is 23.9 Å². The zero-order valence-electron chi connectivity index (χ0n) is 20.6. The maximum atomic E-state index is 17.4. The molecular weight excluding hydrogens is 511 g/mol. The monoisotopic (exact) mass is 539 g/mol. The molecule has 1 aromatic heterocycles. The molecule has 1 N–H and O–H groups in total. The van der Waals surface area contributed by atoms with Crippen molar-refractivity contribution in [1.29, 1.82) is 0 Å². The van der Waals surface area contributed by atoms with Crippen LogP contribution in [0.3, 0.4) is 0 Å². The number of carbonyl (C=O) groups is 3. The highest BCUT2D eigenvalue weighted by Gasteiger charge is 2.78. The number of aliphatic hydroxyl groups is 1. The summed E-state index contributed by atoms with van der Waals surface area (Å²) in [6.07, 6.45) is 1.03. The van der Waals surface area contributed by atoms with Crippen molar-refractivity contribution in [3.05, 3.63) is 41.8 Å². The molecule has 0 spiro atoms. The molecule has 0 aliphatic heterocycles. The molecule has 0 saturated heterocycles. The largest absolute Gasteiger partial charge is 0.443 e. The van der Waals surface area contributed by atoms with Gasteiger partial charge in [-0.3, -0.25) is 9.59 Å². The molecule has 37 heavy (non-hydrogen) atoms. The number of ether oxygens (including phenoxy) is 1. The molecule has 4 aliphatic carbocycles. The lowest BCUT2D eigenvalue weighted by Crippen LogP contribution is -2.70. The van der Waals surface area contributed by atoms with Crippen LogP contribution in [-0.2, 0) is 14.3 Å². The molecule has 4 aliphatic rings. The topological polar surface area (TPSA) is 107 Å². The summed E-state index contributed by atoms with van der Waals surface area (Å²) < 4.78 is 57.2. The number of carbonyl (C=O) groups excluding carboxylic acids is 3. The van der Waals surface area contributed by atoms with Crippen LogP contribution in [0.4, 0.5) is 13.2 Å². The molecule has 3 fully saturated rings. The van der Waals surface area contributed by atoms with Crippen molar-refractivity contribution >= 4 is 28.6 Å². The number of ketones is 1. The first kappa shape index (κ1) is 26.2. The first-order valence-electron chi connectivity index (χ1n) is 12.2. The highest BCUT2D eigenvalue weighted by molar-refractivity contribution is 8.13. The Kier molecular flexibility index (Phi) is 6.06. The SMILES string of the molecule is CC1C[C@H]2[C@@H]3CC(F)C4=CC(=O)C=C[C@]4(C)C3(F)C(O)C[C@]2(C)C1(OC(=O)c1ccno1)C(=O)SCF. The number of thioether (sulfide) groups is 1. The number of hydrogen-bond donors (Lipinski definition) is 1. The number of nitrogens with zero attached hydrogens (tertiary/aromatic N) is 1. The molecule has 0 bridgehead atoms. The summed E-state index contributed by atoms with van der Waals surface area (Å²) in [6, 6.07) is 0.176. The van der Waals surface area contributed by atoms with E-state index in [4.69, 9.17) is 9.26 Å². The molecule has 0 amide bonds. The average molecular weight is 540 g/mol. The summed E-state index contributed by atoms with van der Waals surface area (Å²) in [6.45, 7) is 4.75. The number of rotatable bonds is 4. The Morgan fingerprint density at radius 3 is 2.68 bits per heavy atom. The first-order chi connectivity index (χ1) is 17.4. The van der Waals surface area contributed by atoms with Gasteiger partial charge in [0.05, 0.1) is 12.3 Å². The number of esters is 1. The Labute approximate surface area is 215 Å². The fourth-order valence-corrected chi connectivity index (χ4v) is 8.68. The van der Waals surface area contributed by atoms with Crippen LogP contribution in [0.1, 0.15) is 50.6 Å². The van der Waals surface area contributed by atoms with Crippen LogP contribution >= 0.6 is 11.8 Å². The van der Waals surface area contributed by atoms with Gasteiger partial charge in [0.2, 0.25) is 10.9 Å². The van der Waals surface area contributed by atoms with Gasteiger partial charge in [0.25, 0.3) is 0 Å². The van der Waals surface area contributed by atoms with Crippen LogP contribution in [0.2, 0.25) is 0 Å². The summed E-state index contributed by atoms with van der Waals surface area (Å²) in [5.74, 6) is -4.20. The minimum atomic E-state index is -2.36. The molecule has 7 nitrogen and oxygen atoms in total. The predicted molar refractivity (Wildman–Crippen MR) is 126 cm³/mol. The van der Waals surface area contributed by atoms with Gasteiger partial charge in [0, 0.05) is 28.7 Å². The van der Waals surface area contributed by atoms with Crippen LogP contribution in [0.5, 0.6) is 0 Å². The van der Waals surface area contributed by atoms with Crippen molar-refractivity contribution in [2.75, 3.05) is 6.01 Å². The van der Waals surface area contributed by atoms with E-state index in [1.807, 2.05) is 0 Å². The van der Waals surface area contributed by atoms with E-state index in [0.29, 0.717) is 11.8 Å². The average Bonchev–Trinajstić information content (AvgIpc) is 3.45. The van der Waals surface area contributed by atoms with E-state index in [2.05, 4.69) is 5.16 Å². The molecule has 0 aromatic carbocycles. The lowest BCUT2D eigenvalue weighted by Gasteiger charge is -2.63. The van der Waals surface area contributed by atoms with Gasteiger partial charge in [0.15, 0.2) is 17.1 Å². The van der Waals surface area contributed by atoms with E-state index < -0.39 is 75.0 Å². The summed E-state index contributed by atoms with van der Waals surface area (Å²) >= 11 is 0.336. The van der Waals surface area contributed by atoms with Crippen LogP contribution in [0, 0.1) is 28.6 Å². The normalized spacial score (nSPS) is 44.5. The third kappa shape index (κ3) is 3.25. The Morgan fingerprint density at radius 1 is 1.30 bits per heavy atom. The summed E-state index contributed by atoms with van der Waals surface area (Å²) in [4.78, 5) is 38.6. The highest BCUT2D eigenvalue weighted by Crippen LogP contribution is 2.72. The van der Waals surface area contributed by atoms with Gasteiger partial charge < -0.3 is 14.4 Å². The smallest absolute Gasteiger partial charge is 0.378 e. The van der Waals surface area contributed by atoms with Crippen molar-refractivity contribution in [3.8, 4) is 0 Å². The Morgan fingerprint density at radius 2 is 2.03 bits per heavy atom. The quantitative estimate of drug-likeness (QED) is 0.564. The third-order valence-corrected chi connectivity index (χ3v) is 10.2. The second-order valence-electron chi connectivity index (χ2n) is 11.0. The summed E-state index contributed by atoms with van der Waals surface area (Å²) in [7, 11) is 0. The van der Waals surface area contributed by atoms with E-state index in [-0.39, 0.29) is 30.6 Å². The molecule has 1 heterocycles. The second kappa shape index (κ2) is 8.56. The van der Waals surface area contributed by atoms with E-state index >= 15 is 8.78 Å². The van der Waals surface area contributed by atoms with Gasteiger partial charge in [0.1, 0.15) is 12.2 Å². The molecular formula is C26H28F3NO6S. The standard InChI is InChI=1S/C26H28F3NO6S/c1-13-8-15-16-10-18(28)17-9-14(31)4-6-23(17,2)25(16,29)20(32)11-24(15,3)26(13,22(34)37-12-27)35-21(33)19-5-7-30-36-19/h4-7,9,13,15-16,18,20,32H,8,10-12H2,1-3H3/t13?,15-,16-,18?,20?,23-,24-,25?,26?/m0/s1.